The van der Waals surface area contributed by atoms with Crippen LogP contribution >= 0.6 is 0 Å². The number of unbranched alkanes of at least 4 members (excludes halogenated alkanes) is 5. The first-order valence-corrected chi connectivity index (χ1v) is 13.5. The molecule has 0 aromatic heterocycles. The molecule has 1 aliphatic carbocycles. The average Bonchev–Trinajstić information content (AvgIpc) is 3.14. The Labute approximate surface area is 206 Å². The van der Waals surface area contributed by atoms with E-state index in [1.165, 1.54) is 60.8 Å². The van der Waals surface area contributed by atoms with Gasteiger partial charge in [-0.1, -0.05) is 88.8 Å². The van der Waals surface area contributed by atoms with Crippen molar-refractivity contribution in [1.82, 2.24) is 0 Å². The van der Waals surface area contributed by atoms with Gasteiger partial charge in [0, 0.05) is 31.8 Å². The Bertz CT molecular complexity index is 899. The van der Waals surface area contributed by atoms with Gasteiger partial charge in [-0.05, 0) is 52.4 Å². The van der Waals surface area contributed by atoms with Gasteiger partial charge in [-0.2, -0.15) is 0 Å². The predicted molar refractivity (Wildman–Crippen MR) is 140 cm³/mol. The molecule has 2 aromatic rings. The van der Waals surface area contributed by atoms with E-state index >= 15 is 0 Å². The minimum atomic E-state index is -0.249. The van der Waals surface area contributed by atoms with Gasteiger partial charge in [-0.25, -0.2) is 0 Å². The van der Waals surface area contributed by atoms with Crippen LogP contribution < -0.4 is 10.9 Å². The molecule has 180 valence electrons. The first-order chi connectivity index (χ1) is 16.7. The molecule has 2 saturated heterocycles. The van der Waals surface area contributed by atoms with Crippen LogP contribution in [0.25, 0.3) is 11.1 Å². The van der Waals surface area contributed by atoms with Crippen LogP contribution in [0.4, 0.5) is 0 Å². The van der Waals surface area contributed by atoms with Gasteiger partial charge in [0.05, 0.1) is 0 Å². The maximum atomic E-state index is 5.95. The van der Waals surface area contributed by atoms with Crippen molar-refractivity contribution >= 4 is 25.2 Å². The predicted octanol–water partition coefficient (Wildman–Crippen LogP) is 4.99. The number of benzene rings is 2. The molecule has 0 radical (unpaired) electrons. The lowest BCUT2D eigenvalue weighted by Gasteiger charge is -2.29. The number of fused-ring (bicyclic) bond motifs is 3. The highest BCUT2D eigenvalue weighted by Crippen LogP contribution is 2.50. The third kappa shape index (κ3) is 4.88. The molecular weight excluding hydrogens is 422 g/mol. The molecule has 2 heterocycles. The molecule has 5 rings (SSSR count). The Morgan fingerprint density at radius 3 is 1.65 bits per heavy atom. The van der Waals surface area contributed by atoms with Crippen LogP contribution in [-0.4, -0.2) is 40.7 Å². The van der Waals surface area contributed by atoms with Crippen molar-refractivity contribution in [2.24, 2.45) is 0 Å². The lowest BCUT2D eigenvalue weighted by Crippen LogP contribution is -2.42. The van der Waals surface area contributed by atoms with Crippen molar-refractivity contribution in [3.05, 3.63) is 47.5 Å². The Kier molecular flexibility index (Phi) is 7.80. The smallest absolute Gasteiger partial charge is 0.407 e. The second kappa shape index (κ2) is 11.0. The summed E-state index contributed by atoms with van der Waals surface area (Å²) < 4.78 is 23.8. The normalized spacial score (nSPS) is 19.2. The Morgan fingerprint density at radius 2 is 1.15 bits per heavy atom. The lowest BCUT2D eigenvalue weighted by molar-refractivity contribution is 0.143. The van der Waals surface area contributed by atoms with Crippen molar-refractivity contribution in [2.75, 3.05) is 26.4 Å². The summed E-state index contributed by atoms with van der Waals surface area (Å²) in [4.78, 5) is 0. The first-order valence-electron chi connectivity index (χ1n) is 13.5. The highest BCUT2D eigenvalue weighted by atomic mass is 16.6. The second-order valence-electron chi connectivity index (χ2n) is 10.3. The van der Waals surface area contributed by atoms with Crippen molar-refractivity contribution < 1.29 is 18.6 Å². The van der Waals surface area contributed by atoms with Gasteiger partial charge in [-0.3, -0.25) is 0 Å². The van der Waals surface area contributed by atoms with Crippen LogP contribution in [0.5, 0.6) is 0 Å². The largest absolute Gasteiger partial charge is 0.493 e. The van der Waals surface area contributed by atoms with Gasteiger partial charge in [0.1, 0.15) is 0 Å². The molecule has 0 N–H and O–H groups in total. The third-order valence-electron chi connectivity index (χ3n) is 7.80. The van der Waals surface area contributed by atoms with Crippen LogP contribution in [0.1, 0.15) is 82.8 Å². The van der Waals surface area contributed by atoms with E-state index in [4.69, 9.17) is 18.6 Å². The zero-order chi connectivity index (χ0) is 23.4. The Morgan fingerprint density at radius 1 is 0.676 bits per heavy atom. The van der Waals surface area contributed by atoms with Crippen LogP contribution in [0.15, 0.2) is 36.4 Å². The van der Waals surface area contributed by atoms with Crippen LogP contribution in [-0.2, 0) is 24.0 Å². The molecule has 2 aliphatic heterocycles. The monoisotopic (exact) mass is 460 g/mol. The van der Waals surface area contributed by atoms with Gasteiger partial charge in [0.25, 0.3) is 0 Å². The molecule has 0 unspecified atom stereocenters. The van der Waals surface area contributed by atoms with Gasteiger partial charge in [-0.15, -0.1) is 0 Å². The maximum absolute atomic E-state index is 5.95. The molecule has 0 saturated carbocycles. The van der Waals surface area contributed by atoms with Crippen LogP contribution in [0.3, 0.4) is 0 Å². The van der Waals surface area contributed by atoms with Gasteiger partial charge < -0.3 is 18.6 Å². The van der Waals surface area contributed by atoms with E-state index in [0.717, 1.165) is 56.6 Å². The molecule has 0 amide bonds. The van der Waals surface area contributed by atoms with E-state index in [1.54, 1.807) is 0 Å². The molecule has 3 aliphatic rings. The number of rotatable bonds is 9. The molecule has 4 nitrogen and oxygen atoms in total. The zero-order valence-corrected chi connectivity index (χ0v) is 20.9. The molecular formula is C28H38B2O4. The molecule has 34 heavy (non-hydrogen) atoms. The molecule has 0 atom stereocenters. The second-order valence-corrected chi connectivity index (χ2v) is 10.3. The van der Waals surface area contributed by atoms with E-state index in [0.29, 0.717) is 0 Å². The minimum absolute atomic E-state index is 0.0369. The van der Waals surface area contributed by atoms with Gasteiger partial charge in [0.2, 0.25) is 0 Å². The van der Waals surface area contributed by atoms with Crippen molar-refractivity contribution in [3.63, 3.8) is 0 Å². The number of hydrogen-bond donors (Lipinski definition) is 0. The standard InChI is InChI=1S/C28H38B2O4/c1-3-4-5-6-7-8-15-28(2)26-20-22(29-31-16-9-17-32-29)11-13-24(26)25-14-12-23(21-27(25)28)30-33-18-10-19-34-30/h11-14,20-21H,3-10,15-19H2,1-2H3. The lowest BCUT2D eigenvalue weighted by atomic mass is 9.70. The maximum Gasteiger partial charge on any atom is 0.493 e. The van der Waals surface area contributed by atoms with E-state index < -0.39 is 0 Å². The van der Waals surface area contributed by atoms with Crippen LogP contribution in [0, 0.1) is 0 Å². The van der Waals surface area contributed by atoms with Gasteiger partial charge >= 0.3 is 14.2 Å². The quantitative estimate of drug-likeness (QED) is 0.391. The summed E-state index contributed by atoms with van der Waals surface area (Å²) in [5.41, 5.74) is 7.76. The molecule has 0 spiro atoms. The van der Waals surface area contributed by atoms with Gasteiger partial charge in [0.15, 0.2) is 0 Å². The minimum Gasteiger partial charge on any atom is -0.407 e. The van der Waals surface area contributed by atoms with Crippen molar-refractivity contribution in [1.29, 1.82) is 0 Å². The van der Waals surface area contributed by atoms with E-state index in [9.17, 15) is 0 Å². The third-order valence-corrected chi connectivity index (χ3v) is 7.80. The first kappa shape index (κ1) is 24.1. The fourth-order valence-electron chi connectivity index (χ4n) is 5.83. The molecule has 2 fully saturated rings. The molecule has 0 bridgehead atoms. The summed E-state index contributed by atoms with van der Waals surface area (Å²) >= 11 is 0. The summed E-state index contributed by atoms with van der Waals surface area (Å²) in [7, 11) is -0.499. The summed E-state index contributed by atoms with van der Waals surface area (Å²) in [6.45, 7) is 7.78. The highest BCUT2D eigenvalue weighted by Gasteiger charge is 2.41. The highest BCUT2D eigenvalue weighted by molar-refractivity contribution is 6.62. The average molecular weight is 460 g/mol. The van der Waals surface area contributed by atoms with E-state index in [-0.39, 0.29) is 19.7 Å². The van der Waals surface area contributed by atoms with E-state index in [2.05, 4.69) is 50.2 Å². The van der Waals surface area contributed by atoms with E-state index in [1.807, 2.05) is 0 Å². The zero-order valence-electron chi connectivity index (χ0n) is 20.9. The summed E-state index contributed by atoms with van der Waals surface area (Å²) in [6, 6.07) is 13.7. The Balaban J connectivity index is 1.45. The van der Waals surface area contributed by atoms with Crippen LogP contribution in [0.2, 0.25) is 0 Å². The topological polar surface area (TPSA) is 36.9 Å². The van der Waals surface area contributed by atoms with Crippen molar-refractivity contribution in [2.45, 2.75) is 77.0 Å². The summed E-state index contributed by atoms with van der Waals surface area (Å²) in [6.07, 6.45) is 10.9. The summed E-state index contributed by atoms with van der Waals surface area (Å²) in [5, 5.41) is 0. The summed E-state index contributed by atoms with van der Waals surface area (Å²) in [5.74, 6) is 0. The molecule has 2 aromatic carbocycles. The van der Waals surface area contributed by atoms with Crippen molar-refractivity contribution in [3.8, 4) is 11.1 Å². The fraction of sp³-hybridized carbons (Fsp3) is 0.571. The number of hydrogen-bond acceptors (Lipinski definition) is 4. The molecule has 6 heteroatoms. The fourth-order valence-corrected chi connectivity index (χ4v) is 5.83. The SMILES string of the molecule is CCCCCCCCC1(C)c2cc(B3OCCCO3)ccc2-c2ccc(B3OCCCO3)cc21. The Hall–Kier alpha value is -1.59.